The first-order chi connectivity index (χ1) is 10.5. The van der Waals surface area contributed by atoms with Crippen LogP contribution in [0.15, 0.2) is 53.7 Å². The van der Waals surface area contributed by atoms with Crippen molar-refractivity contribution in [3.63, 3.8) is 0 Å². The highest BCUT2D eigenvalue weighted by molar-refractivity contribution is 7.92. The largest absolute Gasteiger partial charge is 0.277 e. The summed E-state index contributed by atoms with van der Waals surface area (Å²) < 4.78 is 27.7. The van der Waals surface area contributed by atoms with Crippen LogP contribution in [0, 0.1) is 6.92 Å². The van der Waals surface area contributed by atoms with Crippen molar-refractivity contribution < 1.29 is 8.42 Å². The molecule has 0 amide bonds. The Bertz CT molecular complexity index is 953. The van der Waals surface area contributed by atoms with E-state index in [4.69, 9.17) is 11.6 Å². The van der Waals surface area contributed by atoms with Gasteiger partial charge in [-0.3, -0.25) is 14.7 Å². The maximum Gasteiger partial charge on any atom is 0.263 e. The summed E-state index contributed by atoms with van der Waals surface area (Å²) in [5.41, 5.74) is 1.38. The Morgan fingerprint density at radius 2 is 1.91 bits per heavy atom. The molecule has 112 valence electrons. The molecule has 0 saturated carbocycles. The van der Waals surface area contributed by atoms with E-state index < -0.39 is 10.0 Å². The number of aryl methyl sites for hydroxylation is 1. The van der Waals surface area contributed by atoms with Crippen LogP contribution in [0.2, 0.25) is 5.02 Å². The number of nitrogens with one attached hydrogen (secondary N) is 1. The first-order valence-electron chi connectivity index (χ1n) is 6.46. The van der Waals surface area contributed by atoms with Crippen LogP contribution in [-0.4, -0.2) is 18.4 Å². The molecule has 0 fully saturated rings. The van der Waals surface area contributed by atoms with Crippen molar-refractivity contribution in [2.45, 2.75) is 11.8 Å². The standard InChI is InChI=1S/C15H12ClN3O2S/c1-10-14(8-12(16)9-18-10)22(20,21)19-13-6-2-4-11-5-3-7-17-15(11)13/h2-9,19H,1H3. The number of sulfonamides is 1. The Hall–Kier alpha value is -2.18. The average molecular weight is 334 g/mol. The summed E-state index contributed by atoms with van der Waals surface area (Å²) in [6.07, 6.45) is 3.03. The lowest BCUT2D eigenvalue weighted by Crippen LogP contribution is -2.15. The van der Waals surface area contributed by atoms with E-state index in [-0.39, 0.29) is 9.92 Å². The summed E-state index contributed by atoms with van der Waals surface area (Å²) in [5.74, 6) is 0. The third-order valence-corrected chi connectivity index (χ3v) is 4.86. The first-order valence-corrected chi connectivity index (χ1v) is 8.32. The van der Waals surface area contributed by atoms with Crippen molar-refractivity contribution in [1.29, 1.82) is 0 Å². The van der Waals surface area contributed by atoms with Gasteiger partial charge >= 0.3 is 0 Å². The molecule has 2 aromatic heterocycles. The second-order valence-electron chi connectivity index (χ2n) is 4.72. The van der Waals surface area contributed by atoms with Gasteiger partial charge in [-0.2, -0.15) is 0 Å². The van der Waals surface area contributed by atoms with Crippen LogP contribution < -0.4 is 4.72 Å². The number of anilines is 1. The molecular formula is C15H12ClN3O2S. The van der Waals surface area contributed by atoms with E-state index in [2.05, 4.69) is 14.7 Å². The van der Waals surface area contributed by atoms with Gasteiger partial charge in [-0.1, -0.05) is 29.8 Å². The quantitative estimate of drug-likeness (QED) is 0.797. The molecule has 0 radical (unpaired) electrons. The molecule has 5 nitrogen and oxygen atoms in total. The van der Waals surface area contributed by atoms with Gasteiger partial charge in [0.2, 0.25) is 0 Å². The second kappa shape index (κ2) is 5.55. The molecule has 0 spiro atoms. The minimum atomic E-state index is -3.79. The molecule has 0 atom stereocenters. The van der Waals surface area contributed by atoms with Gasteiger partial charge in [-0.25, -0.2) is 8.42 Å². The number of rotatable bonds is 3. The highest BCUT2D eigenvalue weighted by atomic mass is 35.5. The summed E-state index contributed by atoms with van der Waals surface area (Å²) in [6.45, 7) is 1.62. The number of para-hydroxylation sites is 1. The van der Waals surface area contributed by atoms with Gasteiger partial charge in [0.05, 0.1) is 21.9 Å². The van der Waals surface area contributed by atoms with Gasteiger partial charge in [-0.15, -0.1) is 0 Å². The zero-order valence-corrected chi connectivity index (χ0v) is 13.2. The topological polar surface area (TPSA) is 72.0 Å². The maximum atomic E-state index is 12.6. The van der Waals surface area contributed by atoms with Crippen LogP contribution in [-0.2, 0) is 10.0 Å². The summed E-state index contributed by atoms with van der Waals surface area (Å²) in [7, 11) is -3.79. The van der Waals surface area contributed by atoms with E-state index >= 15 is 0 Å². The van der Waals surface area contributed by atoms with Crippen LogP contribution >= 0.6 is 11.6 Å². The van der Waals surface area contributed by atoms with Crippen LogP contribution in [0.4, 0.5) is 5.69 Å². The van der Waals surface area contributed by atoms with Gasteiger partial charge < -0.3 is 0 Å². The number of pyridine rings is 2. The zero-order valence-electron chi connectivity index (χ0n) is 11.6. The molecule has 2 heterocycles. The summed E-state index contributed by atoms with van der Waals surface area (Å²) in [4.78, 5) is 8.26. The number of fused-ring (bicyclic) bond motifs is 1. The molecule has 0 bridgehead atoms. The third kappa shape index (κ3) is 2.75. The van der Waals surface area contributed by atoms with Crippen LogP contribution in [0.1, 0.15) is 5.69 Å². The predicted molar refractivity (Wildman–Crippen MR) is 86.5 cm³/mol. The Labute approximate surface area is 133 Å². The minimum absolute atomic E-state index is 0.0490. The van der Waals surface area contributed by atoms with Crippen LogP contribution in [0.3, 0.4) is 0 Å². The predicted octanol–water partition coefficient (Wildman–Crippen LogP) is 3.39. The minimum Gasteiger partial charge on any atom is -0.277 e. The van der Waals surface area contributed by atoms with Gasteiger partial charge in [0.1, 0.15) is 4.90 Å². The van der Waals surface area contributed by atoms with Crippen LogP contribution in [0.5, 0.6) is 0 Å². The molecule has 1 N–H and O–H groups in total. The Morgan fingerprint density at radius 3 is 2.73 bits per heavy atom. The van der Waals surface area contributed by atoms with E-state index in [0.717, 1.165) is 5.39 Å². The van der Waals surface area contributed by atoms with Crippen LogP contribution in [0.25, 0.3) is 10.9 Å². The highest BCUT2D eigenvalue weighted by Crippen LogP contribution is 2.25. The fraction of sp³-hybridized carbons (Fsp3) is 0.0667. The maximum absolute atomic E-state index is 12.6. The van der Waals surface area contributed by atoms with Gasteiger partial charge in [0.25, 0.3) is 10.0 Å². The lowest BCUT2D eigenvalue weighted by atomic mass is 10.2. The molecule has 22 heavy (non-hydrogen) atoms. The van der Waals surface area contributed by atoms with E-state index in [0.29, 0.717) is 16.9 Å². The number of aromatic nitrogens is 2. The van der Waals surface area contributed by atoms with E-state index in [1.165, 1.54) is 12.3 Å². The Morgan fingerprint density at radius 1 is 1.14 bits per heavy atom. The van der Waals surface area contributed by atoms with Crippen molar-refractivity contribution in [2.24, 2.45) is 0 Å². The first kappa shape index (κ1) is 14.7. The second-order valence-corrected chi connectivity index (χ2v) is 6.81. The smallest absolute Gasteiger partial charge is 0.263 e. The summed E-state index contributed by atoms with van der Waals surface area (Å²) in [6, 6.07) is 10.3. The number of nitrogens with zero attached hydrogens (tertiary/aromatic N) is 2. The molecule has 0 aliphatic rings. The van der Waals surface area contributed by atoms with Gasteiger partial charge in [-0.05, 0) is 25.1 Å². The molecule has 1 aromatic carbocycles. The lowest BCUT2D eigenvalue weighted by Gasteiger charge is -2.11. The fourth-order valence-corrected chi connectivity index (χ4v) is 3.66. The van der Waals surface area contributed by atoms with Crippen molar-refractivity contribution in [1.82, 2.24) is 9.97 Å². The number of benzene rings is 1. The summed E-state index contributed by atoms with van der Waals surface area (Å²) >= 11 is 5.85. The van der Waals surface area contributed by atoms with Gasteiger partial charge in [0.15, 0.2) is 0 Å². The third-order valence-electron chi connectivity index (χ3n) is 3.17. The Kier molecular flexibility index (Phi) is 3.72. The SMILES string of the molecule is Cc1ncc(Cl)cc1S(=O)(=O)Nc1cccc2cccnc12. The molecule has 7 heteroatoms. The lowest BCUT2D eigenvalue weighted by molar-refractivity contribution is 0.600. The van der Waals surface area contributed by atoms with E-state index in [1.54, 1.807) is 31.3 Å². The number of halogens is 1. The zero-order chi connectivity index (χ0) is 15.7. The van der Waals surface area contributed by atoms with Crippen molar-refractivity contribution in [3.8, 4) is 0 Å². The Balaban J connectivity index is 2.09. The monoisotopic (exact) mass is 333 g/mol. The summed E-state index contributed by atoms with van der Waals surface area (Å²) in [5, 5.41) is 1.12. The van der Waals surface area contributed by atoms with Crippen molar-refractivity contribution >= 4 is 38.2 Å². The molecule has 0 saturated heterocycles. The molecule has 3 rings (SSSR count). The normalized spacial score (nSPS) is 11.5. The molecule has 0 aliphatic heterocycles. The van der Waals surface area contributed by atoms with E-state index in [1.807, 2.05) is 12.1 Å². The molecule has 3 aromatic rings. The number of hydrogen-bond acceptors (Lipinski definition) is 4. The fourth-order valence-electron chi connectivity index (χ4n) is 2.15. The molecular weight excluding hydrogens is 322 g/mol. The van der Waals surface area contributed by atoms with Crippen molar-refractivity contribution in [3.05, 3.63) is 59.5 Å². The number of hydrogen-bond donors (Lipinski definition) is 1. The highest BCUT2D eigenvalue weighted by Gasteiger charge is 2.19. The average Bonchev–Trinajstić information content (AvgIpc) is 2.50. The van der Waals surface area contributed by atoms with E-state index in [9.17, 15) is 8.42 Å². The molecule has 0 aliphatic carbocycles. The van der Waals surface area contributed by atoms with Gasteiger partial charge in [0, 0.05) is 17.8 Å². The van der Waals surface area contributed by atoms with Crippen molar-refractivity contribution in [2.75, 3.05) is 4.72 Å². The molecule has 0 unspecified atom stereocenters.